The fraction of sp³-hybridized carbons (Fsp3) is 0.263. The molecule has 2 nitrogen and oxygen atoms in total. The van der Waals surface area contributed by atoms with Crippen LogP contribution >= 0.6 is 0 Å². The normalized spacial score (nSPS) is 14.8. The third-order valence-electron chi connectivity index (χ3n) is 4.66. The largest absolute Gasteiger partial charge is 0.466 e. The first kappa shape index (κ1) is 12.7. The summed E-state index contributed by atoms with van der Waals surface area (Å²) in [5.74, 6) is 1.84. The molecule has 0 fully saturated rings. The zero-order valence-corrected chi connectivity index (χ0v) is 12.4. The van der Waals surface area contributed by atoms with Gasteiger partial charge >= 0.3 is 0 Å². The molecule has 1 unspecified atom stereocenters. The average molecular weight is 277 g/mol. The standard InChI is InChI=1S/C19H19NO/c1-11-10-17(12(2)21-11)19(20)16-9-8-14-7-6-13-4-3-5-15(16)18(13)14/h3-5,8-10,19H,6-7,20H2,1-2H3. The van der Waals surface area contributed by atoms with Gasteiger partial charge in [0.25, 0.3) is 0 Å². The van der Waals surface area contributed by atoms with Gasteiger partial charge in [-0.1, -0.05) is 30.3 Å². The Balaban J connectivity index is 1.94. The smallest absolute Gasteiger partial charge is 0.106 e. The second-order valence-electron chi connectivity index (χ2n) is 6.00. The summed E-state index contributed by atoms with van der Waals surface area (Å²) in [6.45, 7) is 3.96. The fourth-order valence-corrected chi connectivity index (χ4v) is 3.67. The zero-order chi connectivity index (χ0) is 14.6. The maximum Gasteiger partial charge on any atom is 0.106 e. The minimum atomic E-state index is -0.132. The molecule has 0 amide bonds. The van der Waals surface area contributed by atoms with Gasteiger partial charge in [0.15, 0.2) is 0 Å². The first-order valence-electron chi connectivity index (χ1n) is 7.51. The van der Waals surface area contributed by atoms with E-state index in [9.17, 15) is 0 Å². The van der Waals surface area contributed by atoms with Crippen LogP contribution in [0.3, 0.4) is 0 Å². The summed E-state index contributed by atoms with van der Waals surface area (Å²) in [6.07, 6.45) is 2.30. The van der Waals surface area contributed by atoms with E-state index in [1.54, 1.807) is 0 Å². The van der Waals surface area contributed by atoms with E-state index in [4.69, 9.17) is 10.2 Å². The van der Waals surface area contributed by atoms with Crippen LogP contribution in [0.25, 0.3) is 10.8 Å². The van der Waals surface area contributed by atoms with Crippen molar-refractivity contribution in [2.45, 2.75) is 32.7 Å². The van der Waals surface area contributed by atoms with Crippen molar-refractivity contribution < 1.29 is 4.42 Å². The molecule has 1 aliphatic rings. The molecule has 1 aliphatic carbocycles. The van der Waals surface area contributed by atoms with Gasteiger partial charge in [0.05, 0.1) is 6.04 Å². The summed E-state index contributed by atoms with van der Waals surface area (Å²) in [5.41, 5.74) is 11.8. The minimum absolute atomic E-state index is 0.132. The molecule has 1 heterocycles. The highest BCUT2D eigenvalue weighted by atomic mass is 16.3. The van der Waals surface area contributed by atoms with Crippen LogP contribution in [0, 0.1) is 13.8 Å². The second kappa shape index (κ2) is 4.47. The number of benzene rings is 2. The molecule has 21 heavy (non-hydrogen) atoms. The summed E-state index contributed by atoms with van der Waals surface area (Å²) in [5, 5.41) is 2.72. The molecule has 2 N–H and O–H groups in total. The Morgan fingerprint density at radius 3 is 2.48 bits per heavy atom. The van der Waals surface area contributed by atoms with Crippen molar-refractivity contribution in [2.24, 2.45) is 5.73 Å². The average Bonchev–Trinajstić information content (AvgIpc) is 3.04. The van der Waals surface area contributed by atoms with Crippen LogP contribution < -0.4 is 5.73 Å². The first-order chi connectivity index (χ1) is 10.1. The van der Waals surface area contributed by atoms with Crippen LogP contribution in [-0.4, -0.2) is 0 Å². The Bertz CT molecular complexity index is 834. The van der Waals surface area contributed by atoms with Gasteiger partial charge in [-0.05, 0) is 60.2 Å². The molecular weight excluding hydrogens is 258 g/mol. The van der Waals surface area contributed by atoms with Crippen LogP contribution in [0.5, 0.6) is 0 Å². The van der Waals surface area contributed by atoms with Crippen molar-refractivity contribution in [3.63, 3.8) is 0 Å². The third-order valence-corrected chi connectivity index (χ3v) is 4.66. The highest BCUT2D eigenvalue weighted by Gasteiger charge is 2.21. The molecule has 1 aromatic heterocycles. The Hall–Kier alpha value is -2.06. The number of rotatable bonds is 2. The lowest BCUT2D eigenvalue weighted by atomic mass is 9.92. The summed E-state index contributed by atoms with van der Waals surface area (Å²) < 4.78 is 5.65. The molecule has 0 aliphatic heterocycles. The summed E-state index contributed by atoms with van der Waals surface area (Å²) in [7, 11) is 0. The molecule has 106 valence electrons. The zero-order valence-electron chi connectivity index (χ0n) is 12.4. The highest BCUT2D eigenvalue weighted by molar-refractivity contribution is 5.93. The van der Waals surface area contributed by atoms with Gasteiger partial charge in [0.2, 0.25) is 0 Å². The molecule has 4 rings (SSSR count). The molecule has 0 radical (unpaired) electrons. The SMILES string of the molecule is Cc1cc(C(N)c2ccc3c4c(cccc24)CC3)c(C)o1. The van der Waals surface area contributed by atoms with E-state index in [1.807, 2.05) is 13.8 Å². The Labute approximate surface area is 124 Å². The van der Waals surface area contributed by atoms with Crippen molar-refractivity contribution in [3.05, 3.63) is 70.2 Å². The van der Waals surface area contributed by atoms with E-state index < -0.39 is 0 Å². The van der Waals surface area contributed by atoms with Gasteiger partial charge in [-0.3, -0.25) is 0 Å². The van der Waals surface area contributed by atoms with Gasteiger partial charge in [-0.25, -0.2) is 0 Å². The Morgan fingerprint density at radius 2 is 1.76 bits per heavy atom. The van der Waals surface area contributed by atoms with Crippen LogP contribution in [0.15, 0.2) is 40.8 Å². The van der Waals surface area contributed by atoms with Gasteiger partial charge in [0, 0.05) is 5.56 Å². The monoisotopic (exact) mass is 277 g/mol. The Kier molecular flexibility index (Phi) is 2.69. The van der Waals surface area contributed by atoms with Gasteiger partial charge in [0.1, 0.15) is 11.5 Å². The minimum Gasteiger partial charge on any atom is -0.466 e. The molecule has 2 aromatic carbocycles. The summed E-state index contributed by atoms with van der Waals surface area (Å²) >= 11 is 0. The molecule has 0 bridgehead atoms. The van der Waals surface area contributed by atoms with Crippen molar-refractivity contribution in [2.75, 3.05) is 0 Å². The van der Waals surface area contributed by atoms with E-state index in [0.717, 1.165) is 29.9 Å². The lowest BCUT2D eigenvalue weighted by molar-refractivity contribution is 0.500. The number of hydrogen-bond donors (Lipinski definition) is 1. The highest BCUT2D eigenvalue weighted by Crippen LogP contribution is 2.36. The predicted molar refractivity (Wildman–Crippen MR) is 85.6 cm³/mol. The maximum absolute atomic E-state index is 6.56. The first-order valence-corrected chi connectivity index (χ1v) is 7.51. The lowest BCUT2D eigenvalue weighted by Gasteiger charge is -2.15. The lowest BCUT2D eigenvalue weighted by Crippen LogP contribution is -2.12. The molecular formula is C19H19NO. The van der Waals surface area contributed by atoms with Crippen molar-refractivity contribution >= 4 is 10.8 Å². The third kappa shape index (κ3) is 1.83. The van der Waals surface area contributed by atoms with E-state index in [2.05, 4.69) is 36.4 Å². The summed E-state index contributed by atoms with van der Waals surface area (Å²) in [6, 6.07) is 13.0. The fourth-order valence-electron chi connectivity index (χ4n) is 3.67. The Morgan fingerprint density at radius 1 is 1.00 bits per heavy atom. The van der Waals surface area contributed by atoms with Gasteiger partial charge < -0.3 is 10.2 Å². The van der Waals surface area contributed by atoms with Crippen LogP contribution in [-0.2, 0) is 12.8 Å². The van der Waals surface area contributed by atoms with E-state index >= 15 is 0 Å². The van der Waals surface area contributed by atoms with Crippen LogP contribution in [0.2, 0.25) is 0 Å². The van der Waals surface area contributed by atoms with E-state index in [1.165, 1.54) is 27.5 Å². The molecule has 0 saturated heterocycles. The second-order valence-corrected chi connectivity index (χ2v) is 6.00. The molecule has 2 heteroatoms. The van der Waals surface area contributed by atoms with Gasteiger partial charge in [-0.2, -0.15) is 0 Å². The predicted octanol–water partition coefficient (Wildman–Crippen LogP) is 4.20. The van der Waals surface area contributed by atoms with Crippen LogP contribution in [0.1, 0.15) is 39.8 Å². The molecule has 1 atom stereocenters. The van der Waals surface area contributed by atoms with Gasteiger partial charge in [-0.15, -0.1) is 0 Å². The topological polar surface area (TPSA) is 39.2 Å². The molecule has 0 spiro atoms. The number of nitrogens with two attached hydrogens (primary N) is 1. The number of hydrogen-bond acceptors (Lipinski definition) is 2. The number of aryl methyl sites for hydroxylation is 4. The number of furan rings is 1. The van der Waals surface area contributed by atoms with E-state index in [-0.39, 0.29) is 6.04 Å². The van der Waals surface area contributed by atoms with Crippen molar-refractivity contribution in [3.8, 4) is 0 Å². The summed E-state index contributed by atoms with van der Waals surface area (Å²) in [4.78, 5) is 0. The van der Waals surface area contributed by atoms with Crippen LogP contribution in [0.4, 0.5) is 0 Å². The quantitative estimate of drug-likeness (QED) is 0.762. The maximum atomic E-state index is 6.56. The molecule has 3 aromatic rings. The van der Waals surface area contributed by atoms with Crippen molar-refractivity contribution in [1.29, 1.82) is 0 Å². The van der Waals surface area contributed by atoms with E-state index in [0.29, 0.717) is 0 Å². The molecule has 0 saturated carbocycles. The van der Waals surface area contributed by atoms with Crippen molar-refractivity contribution in [1.82, 2.24) is 0 Å².